The summed E-state index contributed by atoms with van der Waals surface area (Å²) in [6.07, 6.45) is 3.09. The summed E-state index contributed by atoms with van der Waals surface area (Å²) in [5.41, 5.74) is -0.104. The average molecular weight is 245 g/mol. The lowest BCUT2D eigenvalue weighted by Crippen LogP contribution is -2.48. The molecule has 100 valence electrons. The molecular weight excluding hydrogens is 222 g/mol. The van der Waals surface area contributed by atoms with Crippen molar-refractivity contribution in [2.75, 3.05) is 19.8 Å². The average Bonchev–Trinajstić information content (AvgIpc) is 2.36. The van der Waals surface area contributed by atoms with Gasteiger partial charge >= 0.3 is 6.09 Å². The van der Waals surface area contributed by atoms with E-state index >= 15 is 0 Å². The van der Waals surface area contributed by atoms with Gasteiger partial charge in [-0.2, -0.15) is 0 Å². The molecule has 1 amide bonds. The van der Waals surface area contributed by atoms with E-state index < -0.39 is 6.09 Å². The Balaban J connectivity index is 2.41. The van der Waals surface area contributed by atoms with E-state index in [0.29, 0.717) is 6.61 Å². The molecule has 0 aromatic rings. The molecule has 1 aliphatic rings. The third-order valence-electron chi connectivity index (χ3n) is 3.43. The summed E-state index contributed by atoms with van der Waals surface area (Å²) in [7, 11) is 0. The van der Waals surface area contributed by atoms with E-state index in [2.05, 4.69) is 19.2 Å². The minimum Gasteiger partial charge on any atom is -0.447 e. The fraction of sp³-hybridized carbons (Fsp3) is 0.917. The SMILES string of the molecule is CCC1(CC)CC(NC(=O)OCCO)CCO1. The second kappa shape index (κ2) is 6.81. The van der Waals surface area contributed by atoms with Gasteiger partial charge in [-0.15, -0.1) is 0 Å². The zero-order valence-corrected chi connectivity index (χ0v) is 10.7. The molecule has 1 unspecified atom stereocenters. The molecule has 1 heterocycles. The highest BCUT2D eigenvalue weighted by atomic mass is 16.6. The fourth-order valence-corrected chi connectivity index (χ4v) is 2.24. The molecule has 0 aromatic carbocycles. The molecule has 0 saturated carbocycles. The van der Waals surface area contributed by atoms with Crippen LogP contribution >= 0.6 is 0 Å². The number of ether oxygens (including phenoxy) is 2. The zero-order chi connectivity index (χ0) is 12.7. The van der Waals surface area contributed by atoms with Crippen molar-refractivity contribution < 1.29 is 19.4 Å². The number of alkyl carbamates (subject to hydrolysis) is 1. The molecule has 1 atom stereocenters. The van der Waals surface area contributed by atoms with Crippen LogP contribution < -0.4 is 5.32 Å². The van der Waals surface area contributed by atoms with Crippen LogP contribution in [0.1, 0.15) is 39.5 Å². The van der Waals surface area contributed by atoms with E-state index in [1.54, 1.807) is 0 Å². The normalized spacial score (nSPS) is 23.1. The molecule has 5 nitrogen and oxygen atoms in total. The van der Waals surface area contributed by atoms with Gasteiger partial charge in [0.2, 0.25) is 0 Å². The number of aliphatic hydroxyl groups is 1. The smallest absolute Gasteiger partial charge is 0.407 e. The molecule has 5 heteroatoms. The van der Waals surface area contributed by atoms with Crippen molar-refractivity contribution in [3.05, 3.63) is 0 Å². The maximum absolute atomic E-state index is 11.4. The molecule has 1 rings (SSSR count). The summed E-state index contributed by atoms with van der Waals surface area (Å²) >= 11 is 0. The van der Waals surface area contributed by atoms with Crippen molar-refractivity contribution in [3.8, 4) is 0 Å². The van der Waals surface area contributed by atoms with Crippen LogP contribution in [0.2, 0.25) is 0 Å². The van der Waals surface area contributed by atoms with Gasteiger partial charge in [0.05, 0.1) is 12.2 Å². The second-order valence-electron chi connectivity index (χ2n) is 4.43. The van der Waals surface area contributed by atoms with Crippen LogP contribution in [0.25, 0.3) is 0 Å². The highest BCUT2D eigenvalue weighted by Crippen LogP contribution is 2.31. The van der Waals surface area contributed by atoms with Crippen molar-refractivity contribution in [2.45, 2.75) is 51.2 Å². The van der Waals surface area contributed by atoms with Gasteiger partial charge in [-0.25, -0.2) is 4.79 Å². The van der Waals surface area contributed by atoms with Gasteiger partial charge in [0.1, 0.15) is 6.61 Å². The van der Waals surface area contributed by atoms with Crippen molar-refractivity contribution in [3.63, 3.8) is 0 Å². The molecule has 0 aliphatic carbocycles. The lowest BCUT2D eigenvalue weighted by molar-refractivity contribution is -0.0923. The minimum absolute atomic E-state index is 0.0434. The highest BCUT2D eigenvalue weighted by Gasteiger charge is 2.35. The number of hydrogen-bond donors (Lipinski definition) is 2. The summed E-state index contributed by atoms with van der Waals surface area (Å²) in [6.45, 7) is 4.79. The van der Waals surface area contributed by atoms with Crippen LogP contribution in [0.3, 0.4) is 0 Å². The van der Waals surface area contributed by atoms with Gasteiger partial charge < -0.3 is 19.9 Å². The maximum Gasteiger partial charge on any atom is 0.407 e. The Hall–Kier alpha value is -0.810. The Bertz CT molecular complexity index is 241. The van der Waals surface area contributed by atoms with E-state index in [0.717, 1.165) is 25.7 Å². The molecule has 0 spiro atoms. The Morgan fingerprint density at radius 3 is 2.82 bits per heavy atom. The molecule has 2 N–H and O–H groups in total. The van der Waals surface area contributed by atoms with Crippen molar-refractivity contribution in [1.29, 1.82) is 0 Å². The number of carbonyl (C=O) groups excluding carboxylic acids is 1. The third-order valence-corrected chi connectivity index (χ3v) is 3.43. The van der Waals surface area contributed by atoms with E-state index in [9.17, 15) is 4.79 Å². The third kappa shape index (κ3) is 4.16. The van der Waals surface area contributed by atoms with Crippen LogP contribution in [0.15, 0.2) is 0 Å². The first-order chi connectivity index (χ1) is 8.15. The first kappa shape index (κ1) is 14.3. The Morgan fingerprint density at radius 2 is 2.24 bits per heavy atom. The number of amides is 1. The van der Waals surface area contributed by atoms with Gasteiger partial charge in [-0.3, -0.25) is 0 Å². The topological polar surface area (TPSA) is 67.8 Å². The number of aliphatic hydroxyl groups excluding tert-OH is 1. The van der Waals surface area contributed by atoms with Crippen molar-refractivity contribution >= 4 is 6.09 Å². The molecule has 1 saturated heterocycles. The lowest BCUT2D eigenvalue weighted by atomic mass is 9.86. The monoisotopic (exact) mass is 245 g/mol. The van der Waals surface area contributed by atoms with Crippen molar-refractivity contribution in [1.82, 2.24) is 5.32 Å². The summed E-state index contributed by atoms with van der Waals surface area (Å²) in [5.74, 6) is 0. The van der Waals surface area contributed by atoms with Crippen LogP contribution in [0, 0.1) is 0 Å². The van der Waals surface area contributed by atoms with Gasteiger partial charge in [-0.1, -0.05) is 13.8 Å². The lowest BCUT2D eigenvalue weighted by Gasteiger charge is -2.40. The quantitative estimate of drug-likeness (QED) is 0.769. The predicted octanol–water partition coefficient (Wildman–Crippen LogP) is 1.44. The maximum atomic E-state index is 11.4. The summed E-state index contributed by atoms with van der Waals surface area (Å²) in [5, 5.41) is 11.4. The van der Waals surface area contributed by atoms with Crippen LogP contribution in [-0.2, 0) is 9.47 Å². The molecule has 1 aliphatic heterocycles. The highest BCUT2D eigenvalue weighted by molar-refractivity contribution is 5.67. The molecular formula is C12H23NO4. The fourth-order valence-electron chi connectivity index (χ4n) is 2.24. The van der Waals surface area contributed by atoms with Crippen molar-refractivity contribution in [2.24, 2.45) is 0 Å². The van der Waals surface area contributed by atoms with E-state index in [4.69, 9.17) is 14.6 Å². The minimum atomic E-state index is -0.452. The van der Waals surface area contributed by atoms with Gasteiger partial charge in [0.15, 0.2) is 0 Å². The molecule has 1 fully saturated rings. The van der Waals surface area contributed by atoms with Crippen LogP contribution in [0.5, 0.6) is 0 Å². The van der Waals surface area contributed by atoms with Crippen LogP contribution in [0.4, 0.5) is 4.79 Å². The Labute approximate surface area is 102 Å². The molecule has 0 bridgehead atoms. The first-order valence-corrected chi connectivity index (χ1v) is 6.34. The Morgan fingerprint density at radius 1 is 1.53 bits per heavy atom. The van der Waals surface area contributed by atoms with E-state index in [-0.39, 0.29) is 24.9 Å². The van der Waals surface area contributed by atoms with E-state index in [1.165, 1.54) is 0 Å². The molecule has 17 heavy (non-hydrogen) atoms. The van der Waals surface area contributed by atoms with E-state index in [1.807, 2.05) is 0 Å². The largest absolute Gasteiger partial charge is 0.447 e. The summed E-state index contributed by atoms with van der Waals surface area (Å²) in [6, 6.07) is 0.106. The number of carbonyl (C=O) groups is 1. The predicted molar refractivity (Wildman–Crippen MR) is 63.9 cm³/mol. The Kier molecular flexibility index (Phi) is 5.71. The summed E-state index contributed by atoms with van der Waals surface area (Å²) in [4.78, 5) is 11.4. The number of nitrogens with one attached hydrogen (secondary N) is 1. The molecule has 0 radical (unpaired) electrons. The van der Waals surface area contributed by atoms with Gasteiger partial charge in [-0.05, 0) is 25.7 Å². The van der Waals surface area contributed by atoms with Crippen LogP contribution in [-0.4, -0.2) is 42.7 Å². The van der Waals surface area contributed by atoms with Gasteiger partial charge in [0.25, 0.3) is 0 Å². The second-order valence-corrected chi connectivity index (χ2v) is 4.43. The summed E-state index contributed by atoms with van der Waals surface area (Å²) < 4.78 is 10.6. The van der Waals surface area contributed by atoms with Gasteiger partial charge in [0, 0.05) is 12.6 Å². The standard InChI is InChI=1S/C12H23NO4/c1-3-12(4-2)9-10(5-7-17-12)13-11(15)16-8-6-14/h10,14H,3-9H2,1-2H3,(H,13,15). The number of hydrogen-bond acceptors (Lipinski definition) is 4. The zero-order valence-electron chi connectivity index (χ0n) is 10.7. The number of rotatable bonds is 5. The first-order valence-electron chi connectivity index (χ1n) is 6.34. The molecule has 0 aromatic heterocycles.